The Kier molecular flexibility index (Phi) is 38.4. The number of phosphoric ester groups is 8. The number of aliphatic hydroxyl groups is 7. The summed E-state index contributed by atoms with van der Waals surface area (Å²) >= 11 is 0. The minimum atomic E-state index is -5.97. The van der Waals surface area contributed by atoms with Crippen molar-refractivity contribution in [3.63, 3.8) is 0 Å². The Labute approximate surface area is 717 Å². The van der Waals surface area contributed by atoms with Crippen LogP contribution in [0, 0.1) is 0 Å². The van der Waals surface area contributed by atoms with Gasteiger partial charge in [-0.05, 0) is 12.0 Å². The number of aliphatic hydroxyl groups excluding tert-OH is 7. The van der Waals surface area contributed by atoms with Crippen LogP contribution in [-0.4, -0.2) is 188 Å². The van der Waals surface area contributed by atoms with E-state index in [9.17, 15) is 163 Å². The molecule has 0 aromatic carbocycles. The molecule has 4 saturated heterocycles. The Balaban J connectivity index is 0.000000236. The number of hydrogen-bond donors (Lipinski definition) is 12. The summed E-state index contributed by atoms with van der Waals surface area (Å²) in [6.45, 7) is -3.64. The van der Waals surface area contributed by atoms with Crippen LogP contribution in [0.2, 0.25) is 0 Å². The number of aromatic amines is 2. The average Bonchev–Trinajstić information content (AvgIpc) is 1.61. The lowest BCUT2D eigenvalue weighted by molar-refractivity contribution is -0.255. The summed E-state index contributed by atoms with van der Waals surface area (Å²) in [6.07, 6.45) is -8.44. The molecule has 6 aromatic heterocycles. The molecule has 0 spiro atoms. The smallest absolute Gasteiger partial charge is 0.351 e. The Morgan fingerprint density at radius 1 is 0.388 bits per heavy atom. The van der Waals surface area contributed by atoms with E-state index in [1.165, 1.54) is 17.1 Å². The number of aryl methyl sites for hydroxylation is 1. The molecule has 0 saturated carbocycles. The molecule has 4 aliphatic rings. The summed E-state index contributed by atoms with van der Waals surface area (Å²) in [5, 5.41) is 69.0. The largest absolute Gasteiger partial charge is 0.756 e. The molecule has 4 aliphatic heterocycles. The van der Waals surface area contributed by atoms with E-state index in [1.54, 1.807) is 10.8 Å². The van der Waals surface area contributed by atoms with E-state index < -0.39 is 236 Å². The first kappa shape index (κ1) is 111. The van der Waals surface area contributed by atoms with Crippen molar-refractivity contribution in [1.82, 2.24) is 48.2 Å². The molecule has 12 unspecified atom stereocenters. The fraction of sp³-hybridized carbons (Fsp3) is 0.592. The maximum atomic E-state index is 12.2. The van der Waals surface area contributed by atoms with E-state index in [-0.39, 0.29) is 71.0 Å². The number of nitrogen functional groups attached to an aromatic ring is 3. The van der Waals surface area contributed by atoms with Crippen molar-refractivity contribution in [3.05, 3.63) is 95.0 Å². The number of aromatic nitrogens is 10. The lowest BCUT2D eigenvalue weighted by Crippen LogP contribution is -2.34. The summed E-state index contributed by atoms with van der Waals surface area (Å²) in [7, 11) is -65.8. The number of H-pyrrole nitrogens is 2. The van der Waals surface area contributed by atoms with Crippen molar-refractivity contribution in [2.24, 2.45) is 0 Å². The number of anilines is 3. The van der Waals surface area contributed by atoms with Crippen LogP contribution in [0.5, 0.6) is 0 Å². The van der Waals surface area contributed by atoms with E-state index in [0.29, 0.717) is 45.9 Å². The molecule has 0 aliphatic carbocycles. The minimum absolute atomic E-state index is 0.0184. The van der Waals surface area contributed by atoms with Crippen molar-refractivity contribution in [2.75, 3.05) is 72.1 Å². The molecular formula is C49H71N13O55P12-12. The highest BCUT2D eigenvalue weighted by Gasteiger charge is 2.43. The molecule has 15 N–H and O–H groups in total. The Morgan fingerprint density at radius 3 is 1.04 bits per heavy atom. The molecule has 4 fully saturated rings. The summed E-state index contributed by atoms with van der Waals surface area (Å²) in [6, 6.07) is 0. The van der Waals surface area contributed by atoms with Crippen molar-refractivity contribution in [3.8, 4) is 0 Å². The van der Waals surface area contributed by atoms with Gasteiger partial charge in [-0.15, -0.1) is 0 Å². The van der Waals surface area contributed by atoms with Gasteiger partial charge in [-0.2, -0.15) is 9.97 Å². The zero-order valence-electron chi connectivity index (χ0n) is 65.2. The van der Waals surface area contributed by atoms with E-state index in [0.717, 1.165) is 27.1 Å². The topological polar surface area (TPSA) is 1060 Å². The maximum Gasteiger partial charge on any atom is 0.351 e. The molecule has 68 nitrogen and oxygen atoms in total. The van der Waals surface area contributed by atoms with Gasteiger partial charge in [0, 0.05) is 90.0 Å². The minimum Gasteiger partial charge on any atom is -0.756 e. The Hall–Kier alpha value is -4.80. The molecule has 10 rings (SSSR count). The second-order valence-corrected chi connectivity index (χ2v) is 43.8. The molecule has 6 aromatic rings. The van der Waals surface area contributed by atoms with E-state index in [4.69, 9.17) is 41.3 Å². The zero-order valence-corrected chi connectivity index (χ0v) is 75.9. The van der Waals surface area contributed by atoms with Crippen LogP contribution in [-0.2, 0) is 171 Å². The lowest BCUT2D eigenvalue weighted by atomic mass is 10.2. The molecule has 0 radical (unpaired) electrons. The van der Waals surface area contributed by atoms with Gasteiger partial charge in [-0.1, -0.05) is 6.92 Å². The highest BCUT2D eigenvalue weighted by atomic mass is 31.3. The third kappa shape index (κ3) is 32.2. The highest BCUT2D eigenvalue weighted by molar-refractivity contribution is 7.67. The molecular weight excluding hydrogens is 2020 g/mol. The molecule has 80 heteroatoms. The average molecular weight is 2090 g/mol. The van der Waals surface area contributed by atoms with Crippen molar-refractivity contribution >= 4 is 134 Å². The fourth-order valence-electron chi connectivity index (χ4n) is 11.0. The number of rotatable bonds is 40. The summed E-state index contributed by atoms with van der Waals surface area (Å²) in [4.78, 5) is 204. The fourth-order valence-corrected chi connectivity index (χ4v) is 23.6. The number of nitrogens with one attached hydrogen (secondary N) is 2. The lowest BCUT2D eigenvalue weighted by Gasteiger charge is -2.34. The van der Waals surface area contributed by atoms with Crippen LogP contribution in [0.3, 0.4) is 0 Å². The van der Waals surface area contributed by atoms with Crippen molar-refractivity contribution in [1.29, 1.82) is 0 Å². The van der Waals surface area contributed by atoms with Gasteiger partial charge in [0.15, 0.2) is 5.65 Å². The van der Waals surface area contributed by atoms with Crippen LogP contribution in [0.4, 0.5) is 17.6 Å². The third-order valence-electron chi connectivity index (χ3n) is 16.6. The third-order valence-corrected chi connectivity index (χ3v) is 33.1. The van der Waals surface area contributed by atoms with Gasteiger partial charge in [-0.25, -0.2) is 54.0 Å². The number of fused-ring (bicyclic) bond motifs is 2. The SMILES string of the molecule is CCc1cn([C@H]2C[C@@H](O)[C@@H](COP(=O)([O-])OP(=O)([O-])OP(=O)([O-])OC)O2)c2ncnc(N)c12.COP(=O)([O-])OP(=O)([O-])OP(=O)([O-])OC[C@H]1O[C@@H](n2cc(CO)c(=O)[nH]c2=O)C[C@H]1O.COP(=O)([O-])OP(=O)([O-])OP(=O)([O-])OC[C@H]1O[C@@H](n2cc(CO)c(N)nc2=O)C[C@H]1O.COP(=O)([O-])OP(=O)([O-])OP(=O)([O-])OC[C@H]1O[C@@H](n2cc(CO)c3c(=O)[nH]c(N)nc32)C[C@H]1O. The van der Waals surface area contributed by atoms with Gasteiger partial charge in [-0.3, -0.25) is 83.5 Å². The summed E-state index contributed by atoms with van der Waals surface area (Å²) < 4.78 is 224. The second kappa shape index (κ2) is 44.6. The maximum absolute atomic E-state index is 12.2. The van der Waals surface area contributed by atoms with Gasteiger partial charge in [0.25, 0.3) is 105 Å². The quantitative estimate of drug-likeness (QED) is 0.0159. The van der Waals surface area contributed by atoms with Crippen LogP contribution >= 0.6 is 93.9 Å². The van der Waals surface area contributed by atoms with E-state index >= 15 is 0 Å². The standard InChI is InChI=1S/C14H23N4O12P3.C13H21N4O14P3.C11H20N3O14P3.C11H19N2O15P3/c1-3-8-5-18(14-12(8)13(15)16-7-17-14)11-4-9(19)10(28-11)6-27-32(22,23)30-33(24,25)29-31(20,21)26-2;1-27-32(21,22)30-34(25,26)31-33(23,24)28-5-8-7(19)2-9(29-8)17-3-6(4-18)10-11(17)15-13(14)16-12(10)20;1-24-29(18,19)27-31(22,23)28-30(20,21)25-5-8-7(16)2-9(26-8)14-3-6(4-15)10(12)13-11(14)17;1-24-29(18,19)27-31(22,23)28-30(20,21)25-5-8-7(15)2-9(26-8)13-3-6(4-14)10(16)12-11(13)17/h5,7,9-11,19H,3-4,6H2,1-2H3,(H,20,21)(H,22,23)(H,24,25)(H2,15,16,17);3,7-9,18-19H,2,4-5H2,1H3,(H,21,22)(H,23,24)(H,25,26)(H3,14,15,16,20);3,7-9,15-16H,2,4-5H2,1H3,(H,18,19)(H,20,21)(H,22,23)(H2,12,13,17);3,7-9,14-15H,2,4-5H2,1H3,(H,18,19)(H,20,21)(H,22,23)(H,12,16,17)/p-12/t9-,10-,11-;3*7-,8-,9-/m1111/s1. The van der Waals surface area contributed by atoms with Gasteiger partial charge in [0.05, 0.1) is 87.0 Å². The van der Waals surface area contributed by atoms with Gasteiger partial charge >= 0.3 is 11.4 Å². The normalized spacial score (nSPS) is 26.9. The first-order chi connectivity index (χ1) is 59.3. The zero-order chi connectivity index (χ0) is 97.3. The van der Waals surface area contributed by atoms with Crippen LogP contribution in [0.25, 0.3) is 22.1 Å². The molecule has 0 bridgehead atoms. The predicted molar refractivity (Wildman–Crippen MR) is 388 cm³/mol. The Bertz CT molecular complexity index is 5850. The van der Waals surface area contributed by atoms with Crippen LogP contribution in [0.1, 0.15) is 79.8 Å². The number of phosphoric acid groups is 12. The van der Waals surface area contributed by atoms with Crippen molar-refractivity contribution < 1.29 is 239 Å². The van der Waals surface area contributed by atoms with Crippen LogP contribution < -0.4 is 98.4 Å². The van der Waals surface area contributed by atoms with E-state index in [2.05, 4.69) is 95.6 Å². The monoisotopic (exact) mass is 2090 g/mol. The molecule has 734 valence electrons. The highest BCUT2D eigenvalue weighted by Crippen LogP contribution is 2.66. The van der Waals surface area contributed by atoms with Gasteiger partial charge in [0.1, 0.15) is 72.9 Å². The second-order valence-electron chi connectivity index (χ2n) is 25.4. The summed E-state index contributed by atoms with van der Waals surface area (Å²) in [5.74, 6) is -0.185. The molecule has 24 atom stereocenters. The predicted octanol–water partition coefficient (Wildman–Crippen LogP) is -9.28. The van der Waals surface area contributed by atoms with E-state index in [1.807, 2.05) is 11.9 Å². The number of nitrogens with two attached hydrogens (primary N) is 3. The van der Waals surface area contributed by atoms with Crippen molar-refractivity contribution in [2.45, 2.75) is 133 Å². The number of ether oxygens (including phenoxy) is 4. The number of nitrogens with zero attached hydrogens (tertiary/aromatic N) is 8. The summed E-state index contributed by atoms with van der Waals surface area (Å²) in [5.41, 5.74) is 15.0. The Morgan fingerprint density at radius 2 is 0.698 bits per heavy atom. The molecule has 10 heterocycles. The first-order valence-electron chi connectivity index (χ1n) is 34.4. The molecule has 0 amide bonds. The van der Waals surface area contributed by atoms with Gasteiger partial charge < -0.3 is 176 Å². The number of hydrogen-bond acceptors (Lipinski definition) is 62. The molecule has 129 heavy (non-hydrogen) atoms. The van der Waals surface area contributed by atoms with Crippen LogP contribution in [0.15, 0.2) is 50.3 Å². The first-order valence-corrected chi connectivity index (χ1v) is 52.0. The van der Waals surface area contributed by atoms with Gasteiger partial charge in [0.2, 0.25) is 5.95 Å².